The third kappa shape index (κ3) is 2.85. The van der Waals surface area contributed by atoms with Gasteiger partial charge in [-0.05, 0) is 50.3 Å². The number of nitro groups is 1. The Kier molecular flexibility index (Phi) is 4.01. The predicted octanol–water partition coefficient (Wildman–Crippen LogP) is 3.72. The van der Waals surface area contributed by atoms with Crippen LogP contribution in [0.25, 0.3) is 0 Å². The fourth-order valence-corrected chi connectivity index (χ4v) is 3.74. The minimum atomic E-state index is -0.327. The van der Waals surface area contributed by atoms with E-state index in [1.54, 1.807) is 12.1 Å². The first-order valence-electron chi connectivity index (χ1n) is 7.72. The van der Waals surface area contributed by atoms with E-state index < -0.39 is 0 Å². The molecule has 1 aliphatic heterocycles. The number of rotatable bonds is 3. The van der Waals surface area contributed by atoms with Crippen molar-refractivity contribution >= 4 is 5.69 Å². The van der Waals surface area contributed by atoms with Gasteiger partial charge in [0.2, 0.25) is 0 Å². The van der Waals surface area contributed by atoms with Gasteiger partial charge in [0.1, 0.15) is 0 Å². The zero-order valence-corrected chi connectivity index (χ0v) is 11.8. The summed E-state index contributed by atoms with van der Waals surface area (Å²) in [5.74, 6) is 0.577. The van der Waals surface area contributed by atoms with Crippen molar-refractivity contribution in [2.75, 3.05) is 13.1 Å². The number of benzene rings is 1. The summed E-state index contributed by atoms with van der Waals surface area (Å²) in [7, 11) is 0. The molecule has 0 N–H and O–H groups in total. The Morgan fingerprint density at radius 1 is 1.00 bits per heavy atom. The van der Waals surface area contributed by atoms with E-state index in [1.165, 1.54) is 57.2 Å². The van der Waals surface area contributed by atoms with Crippen molar-refractivity contribution in [2.24, 2.45) is 0 Å². The van der Waals surface area contributed by atoms with Gasteiger partial charge in [-0.1, -0.05) is 25.0 Å². The maximum absolute atomic E-state index is 10.7. The first-order valence-corrected chi connectivity index (χ1v) is 7.72. The van der Waals surface area contributed by atoms with E-state index in [-0.39, 0.29) is 10.6 Å². The molecule has 4 heteroatoms. The number of hydrogen-bond acceptors (Lipinski definition) is 3. The van der Waals surface area contributed by atoms with Gasteiger partial charge in [-0.25, -0.2) is 0 Å². The third-order valence-electron chi connectivity index (χ3n) is 4.95. The lowest BCUT2D eigenvalue weighted by Crippen LogP contribution is -2.39. The number of nitrogens with zero attached hydrogens (tertiary/aromatic N) is 2. The molecule has 0 unspecified atom stereocenters. The minimum absolute atomic E-state index is 0.192. The van der Waals surface area contributed by atoms with E-state index in [0.717, 1.165) is 6.04 Å². The SMILES string of the molecule is O=[N+]([O-])c1ccc(C2CCN(C3CCCC3)CC2)cc1. The largest absolute Gasteiger partial charge is 0.300 e. The van der Waals surface area contributed by atoms with E-state index in [0.29, 0.717) is 5.92 Å². The van der Waals surface area contributed by atoms with Crippen LogP contribution in [-0.2, 0) is 0 Å². The average Bonchev–Trinajstić information content (AvgIpc) is 3.02. The summed E-state index contributed by atoms with van der Waals surface area (Å²) in [6, 6.07) is 7.98. The monoisotopic (exact) mass is 274 g/mol. The standard InChI is InChI=1S/C16H22N2O2/c19-18(20)16-7-5-13(6-8-16)14-9-11-17(12-10-14)15-3-1-2-4-15/h5-8,14-15H,1-4,9-12H2. The van der Waals surface area contributed by atoms with Gasteiger partial charge in [0, 0.05) is 18.2 Å². The Morgan fingerprint density at radius 3 is 2.15 bits per heavy atom. The Balaban J connectivity index is 1.58. The summed E-state index contributed by atoms with van der Waals surface area (Å²) >= 11 is 0. The number of likely N-dealkylation sites (tertiary alicyclic amines) is 1. The van der Waals surface area contributed by atoms with Crippen molar-refractivity contribution in [2.45, 2.75) is 50.5 Å². The first kappa shape index (κ1) is 13.6. The smallest absolute Gasteiger partial charge is 0.269 e. The summed E-state index contributed by atoms with van der Waals surface area (Å²) in [6.45, 7) is 2.37. The van der Waals surface area contributed by atoms with E-state index in [4.69, 9.17) is 0 Å². The van der Waals surface area contributed by atoms with Crippen LogP contribution in [0, 0.1) is 10.1 Å². The van der Waals surface area contributed by atoms with Gasteiger partial charge in [0.15, 0.2) is 0 Å². The van der Waals surface area contributed by atoms with E-state index >= 15 is 0 Å². The number of non-ortho nitro benzene ring substituents is 1. The second-order valence-electron chi connectivity index (χ2n) is 6.10. The molecular formula is C16H22N2O2. The summed E-state index contributed by atoms with van der Waals surface area (Å²) in [5, 5.41) is 10.7. The van der Waals surface area contributed by atoms with Crippen molar-refractivity contribution in [3.63, 3.8) is 0 Å². The Bertz CT molecular complexity index is 458. The lowest BCUT2D eigenvalue weighted by atomic mass is 9.88. The van der Waals surface area contributed by atoms with Crippen LogP contribution < -0.4 is 0 Å². The molecule has 20 heavy (non-hydrogen) atoms. The molecule has 4 nitrogen and oxygen atoms in total. The molecule has 2 aliphatic rings. The van der Waals surface area contributed by atoms with Gasteiger partial charge in [-0.2, -0.15) is 0 Å². The Morgan fingerprint density at radius 2 is 1.60 bits per heavy atom. The van der Waals surface area contributed by atoms with Crippen LogP contribution in [0.4, 0.5) is 5.69 Å². The van der Waals surface area contributed by atoms with Gasteiger partial charge < -0.3 is 4.90 Å². The quantitative estimate of drug-likeness (QED) is 0.623. The molecule has 108 valence electrons. The van der Waals surface area contributed by atoms with Crippen LogP contribution >= 0.6 is 0 Å². The maximum atomic E-state index is 10.7. The molecule has 1 aromatic carbocycles. The van der Waals surface area contributed by atoms with Crippen molar-refractivity contribution in [1.82, 2.24) is 4.90 Å². The molecule has 0 atom stereocenters. The Labute approximate surface area is 119 Å². The molecule has 0 radical (unpaired) electrons. The van der Waals surface area contributed by atoms with Crippen LogP contribution in [0.5, 0.6) is 0 Å². The van der Waals surface area contributed by atoms with Gasteiger partial charge in [-0.3, -0.25) is 10.1 Å². The highest BCUT2D eigenvalue weighted by atomic mass is 16.6. The Hall–Kier alpha value is -1.42. The highest BCUT2D eigenvalue weighted by Crippen LogP contribution is 2.32. The lowest BCUT2D eigenvalue weighted by molar-refractivity contribution is -0.384. The summed E-state index contributed by atoms with van der Waals surface area (Å²) in [5.41, 5.74) is 1.46. The molecule has 1 saturated heterocycles. The van der Waals surface area contributed by atoms with Gasteiger partial charge in [0.25, 0.3) is 5.69 Å². The predicted molar refractivity (Wildman–Crippen MR) is 78.9 cm³/mol. The number of nitro benzene ring substituents is 1. The topological polar surface area (TPSA) is 46.4 Å². The average molecular weight is 274 g/mol. The molecule has 3 rings (SSSR count). The zero-order chi connectivity index (χ0) is 13.9. The van der Waals surface area contributed by atoms with Crippen molar-refractivity contribution in [3.05, 3.63) is 39.9 Å². The molecule has 0 spiro atoms. The fourth-order valence-electron chi connectivity index (χ4n) is 3.74. The van der Waals surface area contributed by atoms with Gasteiger partial charge >= 0.3 is 0 Å². The zero-order valence-electron chi connectivity index (χ0n) is 11.8. The maximum Gasteiger partial charge on any atom is 0.269 e. The van der Waals surface area contributed by atoms with E-state index in [9.17, 15) is 10.1 Å². The highest BCUT2D eigenvalue weighted by Gasteiger charge is 2.27. The molecule has 0 bridgehead atoms. The van der Waals surface area contributed by atoms with Crippen LogP contribution in [0.3, 0.4) is 0 Å². The van der Waals surface area contributed by atoms with Crippen LogP contribution in [0.2, 0.25) is 0 Å². The van der Waals surface area contributed by atoms with Crippen molar-refractivity contribution < 1.29 is 4.92 Å². The summed E-state index contributed by atoms with van der Waals surface area (Å²) in [6.07, 6.45) is 7.92. The van der Waals surface area contributed by atoms with Crippen molar-refractivity contribution in [3.8, 4) is 0 Å². The molecule has 1 saturated carbocycles. The normalized spacial score (nSPS) is 22.2. The van der Waals surface area contributed by atoms with Crippen molar-refractivity contribution in [1.29, 1.82) is 0 Å². The number of hydrogen-bond donors (Lipinski definition) is 0. The minimum Gasteiger partial charge on any atom is -0.300 e. The first-order chi connectivity index (χ1) is 9.74. The highest BCUT2D eigenvalue weighted by molar-refractivity contribution is 5.34. The molecule has 1 aliphatic carbocycles. The molecule has 1 heterocycles. The second kappa shape index (κ2) is 5.92. The van der Waals surface area contributed by atoms with Crippen LogP contribution in [0.1, 0.15) is 50.0 Å². The summed E-state index contributed by atoms with van der Waals surface area (Å²) < 4.78 is 0. The molecule has 0 aromatic heterocycles. The molecule has 1 aromatic rings. The lowest BCUT2D eigenvalue weighted by Gasteiger charge is -2.36. The number of piperidine rings is 1. The third-order valence-corrected chi connectivity index (χ3v) is 4.95. The fraction of sp³-hybridized carbons (Fsp3) is 0.625. The molecular weight excluding hydrogens is 252 g/mol. The van der Waals surface area contributed by atoms with Crippen LogP contribution in [0.15, 0.2) is 24.3 Å². The molecule has 2 fully saturated rings. The van der Waals surface area contributed by atoms with Crippen LogP contribution in [-0.4, -0.2) is 29.0 Å². The van der Waals surface area contributed by atoms with Gasteiger partial charge in [0.05, 0.1) is 4.92 Å². The molecule has 0 amide bonds. The van der Waals surface area contributed by atoms with Gasteiger partial charge in [-0.15, -0.1) is 0 Å². The summed E-state index contributed by atoms with van der Waals surface area (Å²) in [4.78, 5) is 13.0. The second-order valence-corrected chi connectivity index (χ2v) is 6.10. The van der Waals surface area contributed by atoms with E-state index in [2.05, 4.69) is 4.90 Å². The van der Waals surface area contributed by atoms with E-state index in [1.807, 2.05) is 12.1 Å².